The summed E-state index contributed by atoms with van der Waals surface area (Å²) in [5.41, 5.74) is 6.33. The van der Waals surface area contributed by atoms with Gasteiger partial charge in [-0.05, 0) is 6.04 Å². The van der Waals surface area contributed by atoms with Crippen LogP contribution >= 0.6 is 0 Å². The number of hydrogen-bond donors (Lipinski definition) is 0. The second-order valence-electron chi connectivity index (χ2n) is 5.30. The third kappa shape index (κ3) is 7.70. The van der Waals surface area contributed by atoms with Crippen LogP contribution in [0, 0.1) is 0 Å². The third-order valence-corrected chi connectivity index (χ3v) is 7.35. The Hall–Kier alpha value is -0.563. The lowest BCUT2D eigenvalue weighted by Crippen LogP contribution is -2.26. The molecule has 0 rings (SSSR count). The van der Waals surface area contributed by atoms with Crippen LogP contribution in [-0.2, 0) is 0 Å². The first-order valence-corrected chi connectivity index (χ1v) is 10.1. The van der Waals surface area contributed by atoms with Crippen molar-refractivity contribution < 1.29 is 0 Å². The molecule has 0 aliphatic carbocycles. The molecule has 0 aromatic heterocycles. The predicted octanol–water partition coefficient (Wildman–Crippen LogP) is 6.14. The average molecular weight is 265 g/mol. The molecule has 0 aliphatic rings. The first kappa shape index (κ1) is 17.4. The summed E-state index contributed by atoms with van der Waals surface area (Å²) in [6, 6.07) is 1.25. The molecular formula is C17H32Si. The van der Waals surface area contributed by atoms with E-state index in [0.29, 0.717) is 0 Å². The van der Waals surface area contributed by atoms with Crippen LogP contribution in [0.15, 0.2) is 36.8 Å². The lowest BCUT2D eigenvalue weighted by atomic mass is 10.1. The highest BCUT2D eigenvalue weighted by Gasteiger charge is 2.20. The molecule has 1 heteroatoms. The summed E-state index contributed by atoms with van der Waals surface area (Å²) < 4.78 is 0. The molecule has 0 nitrogen and oxygen atoms in total. The van der Waals surface area contributed by atoms with Gasteiger partial charge in [-0.25, -0.2) is 0 Å². The van der Waals surface area contributed by atoms with Crippen molar-refractivity contribution in [2.45, 2.75) is 70.8 Å². The van der Waals surface area contributed by atoms with Gasteiger partial charge < -0.3 is 0 Å². The maximum atomic E-state index is 3.95. The van der Waals surface area contributed by atoms with Crippen molar-refractivity contribution in [3.8, 4) is 0 Å². The summed E-state index contributed by atoms with van der Waals surface area (Å²) in [4.78, 5) is 0. The fourth-order valence-electron chi connectivity index (χ4n) is 2.30. The summed E-state index contributed by atoms with van der Waals surface area (Å²) in [5, 5.41) is 0. The molecule has 0 unspecified atom stereocenters. The minimum absolute atomic E-state index is 1.25. The summed E-state index contributed by atoms with van der Waals surface area (Å²) >= 11 is 0. The van der Waals surface area contributed by atoms with Crippen molar-refractivity contribution >= 4 is 8.07 Å². The van der Waals surface area contributed by atoms with Crippen LogP contribution < -0.4 is 0 Å². The van der Waals surface area contributed by atoms with Gasteiger partial charge in [0.05, 0.1) is 0 Å². The molecule has 0 saturated carbocycles. The molecule has 18 heavy (non-hydrogen) atoms. The minimum atomic E-state index is -1.51. The van der Waals surface area contributed by atoms with E-state index in [-0.39, 0.29) is 0 Å². The molecule has 0 N–H and O–H groups in total. The Morgan fingerprint density at radius 3 is 1.44 bits per heavy atom. The number of hydrogen-bond acceptors (Lipinski definition) is 0. The van der Waals surface area contributed by atoms with Crippen molar-refractivity contribution in [2.75, 3.05) is 0 Å². The van der Waals surface area contributed by atoms with E-state index in [0.717, 1.165) is 0 Å². The van der Waals surface area contributed by atoms with Crippen molar-refractivity contribution in [2.24, 2.45) is 0 Å². The highest BCUT2D eigenvalue weighted by Crippen LogP contribution is 2.19. The monoisotopic (exact) mass is 264 g/mol. The van der Waals surface area contributed by atoms with Gasteiger partial charge >= 0.3 is 0 Å². The summed E-state index contributed by atoms with van der Waals surface area (Å²) in [6.07, 6.45) is 12.5. The number of rotatable bonds is 13. The zero-order chi connectivity index (χ0) is 13.7. The van der Waals surface area contributed by atoms with E-state index in [1.807, 2.05) is 0 Å². The van der Waals surface area contributed by atoms with Crippen molar-refractivity contribution in [1.82, 2.24) is 0 Å². The minimum Gasteiger partial charge on any atom is -0.106 e. The van der Waals surface area contributed by atoms with E-state index in [1.54, 1.807) is 0 Å². The average Bonchev–Trinajstić information content (AvgIpc) is 2.42. The molecule has 0 spiro atoms. The SMILES string of the molecule is C=C[Si](C=C)(C=C)CCCCCCCCCCC. The van der Waals surface area contributed by atoms with Crippen LogP contribution in [0.4, 0.5) is 0 Å². The fraction of sp³-hybridized carbons (Fsp3) is 0.647. The van der Waals surface area contributed by atoms with E-state index in [2.05, 4.69) is 43.8 Å². The maximum absolute atomic E-state index is 3.95. The molecule has 104 valence electrons. The van der Waals surface area contributed by atoms with Gasteiger partial charge in [-0.1, -0.05) is 81.8 Å². The molecule has 0 heterocycles. The first-order chi connectivity index (χ1) is 8.74. The topological polar surface area (TPSA) is 0 Å². The highest BCUT2D eigenvalue weighted by molar-refractivity contribution is 6.93. The Kier molecular flexibility index (Phi) is 11.2. The Labute approximate surface area is 116 Å². The Balaban J connectivity index is 3.47. The van der Waals surface area contributed by atoms with Crippen LogP contribution in [0.25, 0.3) is 0 Å². The van der Waals surface area contributed by atoms with Crippen LogP contribution in [0.5, 0.6) is 0 Å². The zero-order valence-electron chi connectivity index (χ0n) is 12.4. The molecule has 0 amide bonds. The van der Waals surface area contributed by atoms with E-state index >= 15 is 0 Å². The Bertz CT molecular complexity index is 208. The van der Waals surface area contributed by atoms with Crippen LogP contribution in [-0.4, -0.2) is 8.07 Å². The molecule has 0 aromatic rings. The molecule has 0 atom stereocenters. The molecule has 0 aromatic carbocycles. The molecule has 0 aliphatic heterocycles. The second-order valence-corrected chi connectivity index (χ2v) is 9.25. The molecule has 0 saturated heterocycles. The first-order valence-electron chi connectivity index (χ1n) is 7.65. The van der Waals surface area contributed by atoms with Crippen LogP contribution in [0.3, 0.4) is 0 Å². The zero-order valence-corrected chi connectivity index (χ0v) is 13.4. The molecule has 0 bridgehead atoms. The third-order valence-electron chi connectivity index (χ3n) is 3.85. The smallest absolute Gasteiger partial charge is 0.106 e. The Morgan fingerprint density at radius 1 is 0.667 bits per heavy atom. The van der Waals surface area contributed by atoms with E-state index < -0.39 is 8.07 Å². The van der Waals surface area contributed by atoms with E-state index in [4.69, 9.17) is 0 Å². The summed E-state index contributed by atoms with van der Waals surface area (Å²) in [6.45, 7) is 14.1. The number of unbranched alkanes of at least 4 members (excludes halogenated alkanes) is 8. The van der Waals surface area contributed by atoms with Gasteiger partial charge in [0.25, 0.3) is 0 Å². The fourth-order valence-corrected chi connectivity index (χ4v) is 4.27. The quantitative estimate of drug-likeness (QED) is 0.277. The molecular weight excluding hydrogens is 232 g/mol. The van der Waals surface area contributed by atoms with Crippen LogP contribution in [0.1, 0.15) is 64.7 Å². The second kappa shape index (κ2) is 11.5. The normalized spacial score (nSPS) is 11.2. The van der Waals surface area contributed by atoms with Crippen molar-refractivity contribution in [3.05, 3.63) is 36.8 Å². The van der Waals surface area contributed by atoms with Gasteiger partial charge in [-0.15, -0.1) is 19.7 Å². The highest BCUT2D eigenvalue weighted by atomic mass is 28.3. The van der Waals surface area contributed by atoms with Gasteiger partial charge in [0.2, 0.25) is 0 Å². The molecule has 0 radical (unpaired) electrons. The maximum Gasteiger partial charge on any atom is 0.124 e. The van der Waals surface area contributed by atoms with Gasteiger partial charge in [0.15, 0.2) is 0 Å². The van der Waals surface area contributed by atoms with Crippen molar-refractivity contribution in [3.63, 3.8) is 0 Å². The van der Waals surface area contributed by atoms with Gasteiger partial charge in [0.1, 0.15) is 8.07 Å². The standard InChI is InChI=1S/C17H32Si/c1-5-9-10-11-12-13-14-15-16-17-18(6-2,7-3)8-4/h6-8H,2-5,9-17H2,1H3. The predicted molar refractivity (Wildman–Crippen MR) is 88.4 cm³/mol. The summed E-state index contributed by atoms with van der Waals surface area (Å²) in [7, 11) is -1.51. The van der Waals surface area contributed by atoms with Gasteiger partial charge in [0, 0.05) is 0 Å². The van der Waals surface area contributed by atoms with Gasteiger partial charge in [-0.3, -0.25) is 0 Å². The van der Waals surface area contributed by atoms with Crippen molar-refractivity contribution in [1.29, 1.82) is 0 Å². The largest absolute Gasteiger partial charge is 0.124 e. The van der Waals surface area contributed by atoms with Crippen LogP contribution in [0.2, 0.25) is 6.04 Å². The summed E-state index contributed by atoms with van der Waals surface area (Å²) in [5.74, 6) is 0. The molecule has 0 fully saturated rings. The van der Waals surface area contributed by atoms with E-state index in [1.165, 1.54) is 63.8 Å². The van der Waals surface area contributed by atoms with Gasteiger partial charge in [-0.2, -0.15) is 0 Å². The Morgan fingerprint density at radius 2 is 1.06 bits per heavy atom. The van der Waals surface area contributed by atoms with E-state index in [9.17, 15) is 0 Å². The lowest BCUT2D eigenvalue weighted by molar-refractivity contribution is 0.571. The lowest BCUT2D eigenvalue weighted by Gasteiger charge is -2.19.